The second-order valence-corrected chi connectivity index (χ2v) is 8.05. The van der Waals surface area contributed by atoms with Crippen LogP contribution >= 0.6 is 11.3 Å². The molecule has 0 amide bonds. The van der Waals surface area contributed by atoms with Crippen LogP contribution in [0, 0.1) is 6.92 Å². The van der Waals surface area contributed by atoms with Gasteiger partial charge in [-0.25, -0.2) is 9.50 Å². The third-order valence-electron chi connectivity index (χ3n) is 4.75. The maximum Gasteiger partial charge on any atom is 0.212 e. The van der Waals surface area contributed by atoms with E-state index in [1.54, 1.807) is 11.3 Å². The highest BCUT2D eigenvalue weighted by molar-refractivity contribution is 7.16. The molecule has 0 bridgehead atoms. The lowest BCUT2D eigenvalue weighted by molar-refractivity contribution is 0.150. The Bertz CT molecular complexity index is 853. The summed E-state index contributed by atoms with van der Waals surface area (Å²) >= 11 is 1.66. The van der Waals surface area contributed by atoms with Gasteiger partial charge in [0, 0.05) is 44.6 Å². The minimum atomic E-state index is 0.327. The summed E-state index contributed by atoms with van der Waals surface area (Å²) in [7, 11) is 0. The molecule has 3 aromatic heterocycles. The number of aryl methyl sites for hydroxylation is 1. The summed E-state index contributed by atoms with van der Waals surface area (Å²) in [6.45, 7) is 10.3. The lowest BCUT2D eigenvalue weighted by Crippen LogP contribution is -2.45. The first-order valence-corrected chi connectivity index (χ1v) is 9.64. The van der Waals surface area contributed by atoms with Crippen LogP contribution in [0.25, 0.3) is 4.96 Å². The molecule has 1 fully saturated rings. The number of piperazine rings is 1. The van der Waals surface area contributed by atoms with Crippen molar-refractivity contribution in [2.24, 2.45) is 0 Å². The van der Waals surface area contributed by atoms with Gasteiger partial charge in [0.05, 0.1) is 11.4 Å². The van der Waals surface area contributed by atoms with Crippen molar-refractivity contribution in [1.29, 1.82) is 0 Å². The van der Waals surface area contributed by atoms with Crippen LogP contribution < -0.4 is 5.32 Å². The van der Waals surface area contributed by atoms with Gasteiger partial charge >= 0.3 is 0 Å². The largest absolute Gasteiger partial charge is 0.314 e. The highest BCUT2D eigenvalue weighted by atomic mass is 32.1. The van der Waals surface area contributed by atoms with E-state index in [4.69, 9.17) is 10.1 Å². The van der Waals surface area contributed by atoms with Crippen LogP contribution in [0.4, 0.5) is 0 Å². The molecule has 1 saturated heterocycles. The predicted molar refractivity (Wildman–Crippen MR) is 99.9 cm³/mol. The van der Waals surface area contributed by atoms with Crippen molar-refractivity contribution in [1.82, 2.24) is 29.8 Å². The normalized spacial score (nSPS) is 19.1. The van der Waals surface area contributed by atoms with Crippen LogP contribution in [-0.2, 0) is 6.54 Å². The summed E-state index contributed by atoms with van der Waals surface area (Å²) in [5.74, 6) is 0.393. The lowest BCUT2D eigenvalue weighted by Gasteiger charge is -2.36. The number of hydrogen-bond donors (Lipinski definition) is 1. The molecule has 0 radical (unpaired) electrons. The molecule has 4 rings (SSSR count). The number of aromatic nitrogens is 4. The molecule has 1 atom stereocenters. The van der Waals surface area contributed by atoms with Crippen LogP contribution in [-0.4, -0.2) is 44.1 Å². The lowest BCUT2D eigenvalue weighted by atomic mass is 10.0. The Labute approximate surface area is 151 Å². The Hall–Kier alpha value is -1.83. The zero-order valence-electron chi connectivity index (χ0n) is 14.9. The first kappa shape index (κ1) is 16.6. The molecule has 0 spiro atoms. The van der Waals surface area contributed by atoms with E-state index >= 15 is 0 Å². The molecule has 6 nitrogen and oxygen atoms in total. The number of pyridine rings is 1. The minimum Gasteiger partial charge on any atom is -0.314 e. The number of fused-ring (bicyclic) bond motifs is 1. The van der Waals surface area contributed by atoms with Crippen molar-refractivity contribution < 1.29 is 0 Å². The molecule has 0 saturated carbocycles. The van der Waals surface area contributed by atoms with Gasteiger partial charge in [-0.2, -0.15) is 5.10 Å². The van der Waals surface area contributed by atoms with E-state index in [2.05, 4.69) is 39.6 Å². The first-order chi connectivity index (χ1) is 12.1. The Morgan fingerprint density at radius 1 is 1.40 bits per heavy atom. The quantitative estimate of drug-likeness (QED) is 0.779. The zero-order chi connectivity index (χ0) is 17.4. The summed E-state index contributed by atoms with van der Waals surface area (Å²) in [6.07, 6.45) is 3.81. The van der Waals surface area contributed by atoms with Crippen molar-refractivity contribution in [3.05, 3.63) is 46.5 Å². The molecule has 1 aliphatic rings. The summed E-state index contributed by atoms with van der Waals surface area (Å²) in [5.41, 5.74) is 3.66. The van der Waals surface area contributed by atoms with Gasteiger partial charge in [-0.1, -0.05) is 31.3 Å². The smallest absolute Gasteiger partial charge is 0.212 e. The topological polar surface area (TPSA) is 58.4 Å². The van der Waals surface area contributed by atoms with E-state index in [1.807, 2.05) is 25.4 Å². The van der Waals surface area contributed by atoms with Crippen molar-refractivity contribution in [2.45, 2.75) is 39.3 Å². The Morgan fingerprint density at radius 3 is 3.04 bits per heavy atom. The summed E-state index contributed by atoms with van der Waals surface area (Å²) < 4.78 is 2.05. The summed E-state index contributed by atoms with van der Waals surface area (Å²) in [6, 6.07) is 4.51. The van der Waals surface area contributed by atoms with E-state index in [0.717, 1.165) is 36.1 Å². The fourth-order valence-electron chi connectivity index (χ4n) is 3.54. The van der Waals surface area contributed by atoms with Crippen molar-refractivity contribution in [2.75, 3.05) is 19.6 Å². The fourth-order valence-corrected chi connectivity index (χ4v) is 4.31. The highest BCUT2D eigenvalue weighted by Crippen LogP contribution is 2.29. The van der Waals surface area contributed by atoms with E-state index in [-0.39, 0.29) is 0 Å². The van der Waals surface area contributed by atoms with Crippen LogP contribution in [0.2, 0.25) is 0 Å². The molecule has 1 aliphatic heterocycles. The van der Waals surface area contributed by atoms with E-state index in [0.29, 0.717) is 12.0 Å². The SMILES string of the molecule is Cc1nn2c(CN3CCNCC3c3cccnc3)c(C(C)C)nc2s1. The molecular formula is C18H24N6S. The Morgan fingerprint density at radius 2 is 2.28 bits per heavy atom. The molecule has 0 aliphatic carbocycles. The summed E-state index contributed by atoms with van der Waals surface area (Å²) in [5, 5.41) is 9.27. The molecule has 132 valence electrons. The van der Waals surface area contributed by atoms with Crippen LogP contribution in [0.15, 0.2) is 24.5 Å². The van der Waals surface area contributed by atoms with Crippen LogP contribution in [0.1, 0.15) is 47.8 Å². The number of nitrogens with one attached hydrogen (secondary N) is 1. The van der Waals surface area contributed by atoms with Gasteiger partial charge in [0.2, 0.25) is 4.96 Å². The average Bonchev–Trinajstić information content (AvgIpc) is 3.13. The van der Waals surface area contributed by atoms with E-state index in [9.17, 15) is 0 Å². The number of imidazole rings is 1. The third kappa shape index (κ3) is 3.19. The van der Waals surface area contributed by atoms with E-state index in [1.165, 1.54) is 17.0 Å². The van der Waals surface area contributed by atoms with Gasteiger partial charge in [-0.05, 0) is 24.5 Å². The Balaban J connectivity index is 1.70. The van der Waals surface area contributed by atoms with Gasteiger partial charge in [-0.15, -0.1) is 0 Å². The van der Waals surface area contributed by atoms with Crippen molar-refractivity contribution in [3.63, 3.8) is 0 Å². The average molecular weight is 356 g/mol. The van der Waals surface area contributed by atoms with E-state index < -0.39 is 0 Å². The molecule has 1 unspecified atom stereocenters. The zero-order valence-corrected chi connectivity index (χ0v) is 15.8. The maximum atomic E-state index is 4.86. The van der Waals surface area contributed by atoms with Crippen LogP contribution in [0.3, 0.4) is 0 Å². The monoisotopic (exact) mass is 356 g/mol. The van der Waals surface area contributed by atoms with Crippen LogP contribution in [0.5, 0.6) is 0 Å². The maximum absolute atomic E-state index is 4.86. The number of hydrogen-bond acceptors (Lipinski definition) is 6. The second kappa shape index (κ2) is 6.82. The molecule has 7 heteroatoms. The second-order valence-electron chi connectivity index (χ2n) is 6.89. The molecular weight excluding hydrogens is 332 g/mol. The summed E-state index contributed by atoms with van der Waals surface area (Å²) in [4.78, 5) is 12.7. The van der Waals surface area contributed by atoms with Gasteiger partial charge < -0.3 is 5.32 Å². The number of nitrogens with zero attached hydrogens (tertiary/aromatic N) is 5. The molecule has 3 aromatic rings. The van der Waals surface area contributed by atoms with Gasteiger partial charge in [-0.3, -0.25) is 9.88 Å². The Kier molecular flexibility index (Phi) is 4.54. The highest BCUT2D eigenvalue weighted by Gasteiger charge is 2.27. The first-order valence-electron chi connectivity index (χ1n) is 8.83. The van der Waals surface area contributed by atoms with Gasteiger partial charge in [0.15, 0.2) is 0 Å². The molecule has 25 heavy (non-hydrogen) atoms. The van der Waals surface area contributed by atoms with Crippen molar-refractivity contribution >= 4 is 16.3 Å². The predicted octanol–water partition coefficient (Wildman–Crippen LogP) is 2.76. The number of rotatable bonds is 4. The molecule has 0 aromatic carbocycles. The fraction of sp³-hybridized carbons (Fsp3) is 0.500. The van der Waals surface area contributed by atoms with Gasteiger partial charge in [0.25, 0.3) is 0 Å². The van der Waals surface area contributed by atoms with Gasteiger partial charge in [0.1, 0.15) is 5.01 Å². The third-order valence-corrected chi connectivity index (χ3v) is 5.58. The molecule has 4 heterocycles. The van der Waals surface area contributed by atoms with Crippen molar-refractivity contribution in [3.8, 4) is 0 Å². The minimum absolute atomic E-state index is 0.327. The standard InChI is InChI=1S/C18H24N6S/c1-12(2)17-16(24-18(21-17)25-13(3)22-24)11-23-8-7-20-10-15(23)14-5-4-6-19-9-14/h4-6,9,12,15,20H,7-8,10-11H2,1-3H3. The molecule has 1 N–H and O–H groups in total.